The normalized spacial score (nSPS) is 17.8. The molecule has 1 fully saturated rings. The molecule has 0 aliphatic carbocycles. The van der Waals surface area contributed by atoms with Crippen molar-refractivity contribution in [3.8, 4) is 0 Å². The standard InChI is InChI=1S/C15H17N5O4/c1-18-11(7-13(21)19(2)15(18)23)14(22)20-5-6-24-12(9-20)10-8-16-3-4-17-10/h3-4,7-8,12H,5-6,9H2,1-2H3/t12-/m0/s1. The van der Waals surface area contributed by atoms with Crippen LogP contribution >= 0.6 is 0 Å². The van der Waals surface area contributed by atoms with E-state index >= 15 is 0 Å². The Kier molecular flexibility index (Phi) is 4.26. The van der Waals surface area contributed by atoms with E-state index in [0.29, 0.717) is 18.8 Å². The molecule has 9 heteroatoms. The third kappa shape index (κ3) is 2.85. The van der Waals surface area contributed by atoms with Crippen LogP contribution in [0.5, 0.6) is 0 Å². The maximum Gasteiger partial charge on any atom is 0.331 e. The zero-order valence-corrected chi connectivity index (χ0v) is 13.4. The SMILES string of the molecule is Cn1c(C(=O)N2CCO[C@H](c3cnccn3)C2)cc(=O)n(C)c1=O. The second-order valence-corrected chi connectivity index (χ2v) is 5.51. The van der Waals surface area contributed by atoms with Crippen molar-refractivity contribution >= 4 is 5.91 Å². The van der Waals surface area contributed by atoms with Crippen LogP contribution in [0.2, 0.25) is 0 Å². The first-order valence-corrected chi connectivity index (χ1v) is 7.43. The van der Waals surface area contributed by atoms with Crippen molar-refractivity contribution in [1.29, 1.82) is 0 Å². The first-order chi connectivity index (χ1) is 11.5. The van der Waals surface area contributed by atoms with E-state index in [9.17, 15) is 14.4 Å². The van der Waals surface area contributed by atoms with E-state index in [1.54, 1.807) is 23.5 Å². The highest BCUT2D eigenvalue weighted by Crippen LogP contribution is 2.20. The Labute approximate surface area is 137 Å². The fraction of sp³-hybridized carbons (Fsp3) is 0.400. The Bertz CT molecular complexity index is 874. The summed E-state index contributed by atoms with van der Waals surface area (Å²) >= 11 is 0. The first-order valence-electron chi connectivity index (χ1n) is 7.43. The van der Waals surface area contributed by atoms with E-state index in [1.807, 2.05) is 0 Å². The van der Waals surface area contributed by atoms with Gasteiger partial charge in [-0.1, -0.05) is 0 Å². The molecule has 3 rings (SSSR count). The minimum absolute atomic E-state index is 0.0582. The Hall–Kier alpha value is -2.81. The van der Waals surface area contributed by atoms with Crippen LogP contribution in [-0.4, -0.2) is 49.6 Å². The van der Waals surface area contributed by atoms with E-state index < -0.39 is 11.2 Å². The van der Waals surface area contributed by atoms with Gasteiger partial charge in [0.1, 0.15) is 11.8 Å². The molecule has 0 radical (unpaired) electrons. The molecule has 0 N–H and O–H groups in total. The van der Waals surface area contributed by atoms with Gasteiger partial charge in [0.05, 0.1) is 25.0 Å². The predicted molar refractivity (Wildman–Crippen MR) is 83.6 cm³/mol. The number of amides is 1. The smallest absolute Gasteiger partial charge is 0.331 e. The highest BCUT2D eigenvalue weighted by Gasteiger charge is 2.28. The summed E-state index contributed by atoms with van der Waals surface area (Å²) in [6.45, 7) is 0.992. The lowest BCUT2D eigenvalue weighted by Gasteiger charge is -2.32. The Morgan fingerprint density at radius 1 is 1.25 bits per heavy atom. The van der Waals surface area contributed by atoms with Crippen molar-refractivity contribution in [2.24, 2.45) is 14.1 Å². The highest BCUT2D eigenvalue weighted by molar-refractivity contribution is 5.92. The molecule has 1 aliphatic heterocycles. The number of morpholine rings is 1. The average Bonchev–Trinajstić information content (AvgIpc) is 2.63. The summed E-state index contributed by atoms with van der Waals surface area (Å²) in [5.41, 5.74) is -0.361. The predicted octanol–water partition coefficient (Wildman–Crippen LogP) is -0.912. The molecule has 24 heavy (non-hydrogen) atoms. The molecule has 2 aromatic heterocycles. The van der Waals surface area contributed by atoms with E-state index in [-0.39, 0.29) is 24.2 Å². The zero-order chi connectivity index (χ0) is 17.3. The Morgan fingerprint density at radius 3 is 2.75 bits per heavy atom. The van der Waals surface area contributed by atoms with Gasteiger partial charge in [0.15, 0.2) is 0 Å². The summed E-state index contributed by atoms with van der Waals surface area (Å²) in [5.74, 6) is -0.385. The highest BCUT2D eigenvalue weighted by atomic mass is 16.5. The second-order valence-electron chi connectivity index (χ2n) is 5.51. The van der Waals surface area contributed by atoms with Crippen molar-refractivity contribution in [1.82, 2.24) is 24.0 Å². The number of ether oxygens (including phenoxy) is 1. The van der Waals surface area contributed by atoms with Crippen LogP contribution in [-0.2, 0) is 18.8 Å². The Morgan fingerprint density at radius 2 is 2.04 bits per heavy atom. The van der Waals surface area contributed by atoms with Crippen LogP contribution < -0.4 is 11.2 Å². The monoisotopic (exact) mass is 331 g/mol. The maximum atomic E-state index is 12.7. The van der Waals surface area contributed by atoms with Crippen molar-refractivity contribution in [2.45, 2.75) is 6.10 Å². The van der Waals surface area contributed by atoms with E-state index in [0.717, 1.165) is 4.57 Å². The third-order valence-corrected chi connectivity index (χ3v) is 4.01. The van der Waals surface area contributed by atoms with Crippen LogP contribution in [0, 0.1) is 0 Å². The van der Waals surface area contributed by atoms with Gasteiger partial charge in [-0.15, -0.1) is 0 Å². The van der Waals surface area contributed by atoms with Gasteiger partial charge < -0.3 is 9.64 Å². The lowest BCUT2D eigenvalue weighted by molar-refractivity contribution is -0.0252. The van der Waals surface area contributed by atoms with Crippen LogP contribution in [0.1, 0.15) is 22.3 Å². The van der Waals surface area contributed by atoms with Gasteiger partial charge in [-0.05, 0) is 0 Å². The summed E-state index contributed by atoms with van der Waals surface area (Å²) in [6, 6.07) is 1.18. The van der Waals surface area contributed by atoms with Gasteiger partial charge in [0.25, 0.3) is 11.5 Å². The molecular weight excluding hydrogens is 314 g/mol. The summed E-state index contributed by atoms with van der Waals surface area (Å²) in [4.78, 5) is 46.3. The number of aromatic nitrogens is 4. The fourth-order valence-electron chi connectivity index (χ4n) is 2.59. The van der Waals surface area contributed by atoms with Crippen LogP contribution in [0.4, 0.5) is 0 Å². The maximum absolute atomic E-state index is 12.7. The zero-order valence-electron chi connectivity index (χ0n) is 13.4. The van der Waals surface area contributed by atoms with Gasteiger partial charge in [0, 0.05) is 39.1 Å². The summed E-state index contributed by atoms with van der Waals surface area (Å²) in [7, 11) is 2.84. The average molecular weight is 331 g/mol. The first kappa shape index (κ1) is 16.1. The number of carbonyl (C=O) groups is 1. The molecule has 0 saturated carbocycles. The molecule has 0 aromatic carbocycles. The molecular formula is C15H17N5O4. The molecule has 1 amide bonds. The third-order valence-electron chi connectivity index (χ3n) is 4.01. The lowest BCUT2D eigenvalue weighted by atomic mass is 10.2. The molecule has 9 nitrogen and oxygen atoms in total. The number of nitrogens with zero attached hydrogens (tertiary/aromatic N) is 5. The second kappa shape index (κ2) is 6.36. The van der Waals surface area contributed by atoms with Crippen molar-refractivity contribution in [3.05, 3.63) is 56.9 Å². The van der Waals surface area contributed by atoms with Gasteiger partial charge in [-0.2, -0.15) is 0 Å². The van der Waals surface area contributed by atoms with Gasteiger partial charge >= 0.3 is 5.69 Å². The largest absolute Gasteiger partial charge is 0.368 e. The van der Waals surface area contributed by atoms with Gasteiger partial charge in [0.2, 0.25) is 0 Å². The summed E-state index contributed by atoms with van der Waals surface area (Å²) in [5, 5.41) is 0. The van der Waals surface area contributed by atoms with Crippen molar-refractivity contribution in [3.63, 3.8) is 0 Å². The van der Waals surface area contributed by atoms with Crippen molar-refractivity contribution < 1.29 is 9.53 Å². The molecule has 1 aliphatic rings. The lowest BCUT2D eigenvalue weighted by Crippen LogP contribution is -2.46. The molecule has 0 unspecified atom stereocenters. The molecule has 2 aromatic rings. The Balaban J connectivity index is 1.88. The van der Waals surface area contributed by atoms with Gasteiger partial charge in [-0.3, -0.25) is 28.7 Å². The van der Waals surface area contributed by atoms with Crippen LogP contribution in [0.15, 0.2) is 34.2 Å². The molecule has 1 atom stereocenters. The quantitative estimate of drug-likeness (QED) is 0.706. The van der Waals surface area contributed by atoms with Crippen LogP contribution in [0.25, 0.3) is 0 Å². The number of hydrogen-bond donors (Lipinski definition) is 0. The minimum Gasteiger partial charge on any atom is -0.368 e. The number of hydrogen-bond acceptors (Lipinski definition) is 6. The molecule has 1 saturated heterocycles. The van der Waals surface area contributed by atoms with Crippen LogP contribution in [0.3, 0.4) is 0 Å². The number of carbonyl (C=O) groups excluding carboxylic acids is 1. The molecule has 3 heterocycles. The summed E-state index contributed by atoms with van der Waals surface area (Å²) in [6.07, 6.45) is 4.32. The van der Waals surface area contributed by atoms with E-state index in [1.165, 1.54) is 24.7 Å². The molecule has 126 valence electrons. The van der Waals surface area contributed by atoms with E-state index in [4.69, 9.17) is 4.74 Å². The fourth-order valence-corrected chi connectivity index (χ4v) is 2.59. The topological polar surface area (TPSA) is 99.3 Å². The molecule has 0 bridgehead atoms. The van der Waals surface area contributed by atoms with Crippen molar-refractivity contribution in [2.75, 3.05) is 19.7 Å². The number of rotatable bonds is 2. The summed E-state index contributed by atoms with van der Waals surface area (Å²) < 4.78 is 7.78. The minimum atomic E-state index is -0.537. The van der Waals surface area contributed by atoms with Gasteiger partial charge in [-0.25, -0.2) is 4.79 Å². The van der Waals surface area contributed by atoms with E-state index in [2.05, 4.69) is 9.97 Å². The molecule has 0 spiro atoms.